The van der Waals surface area contributed by atoms with Gasteiger partial charge in [0.1, 0.15) is 6.54 Å². The Hall–Kier alpha value is -3.49. The normalized spacial score (nSPS) is 10.5. The molecule has 3 rings (SSSR count). The molecule has 2 amide bonds. The third-order valence-corrected chi connectivity index (χ3v) is 3.63. The molecule has 0 aliphatic carbocycles. The number of hydrogen-bond donors (Lipinski definition) is 2. The van der Waals surface area contributed by atoms with Gasteiger partial charge < -0.3 is 10.6 Å². The van der Waals surface area contributed by atoms with Crippen molar-refractivity contribution in [3.05, 3.63) is 48.4 Å². The molecule has 134 valence electrons. The average molecular weight is 353 g/mol. The van der Waals surface area contributed by atoms with Gasteiger partial charge in [-0.2, -0.15) is 5.10 Å². The second-order valence-electron chi connectivity index (χ2n) is 5.66. The topological polar surface area (TPSA) is 107 Å². The summed E-state index contributed by atoms with van der Waals surface area (Å²) in [6.45, 7) is 2.45. The van der Waals surface area contributed by atoms with Crippen LogP contribution in [0.3, 0.4) is 0 Å². The zero-order valence-corrected chi connectivity index (χ0v) is 14.5. The minimum atomic E-state index is -0.267. The van der Waals surface area contributed by atoms with E-state index in [1.807, 2.05) is 25.1 Å². The van der Waals surface area contributed by atoms with E-state index in [-0.39, 0.29) is 18.4 Å². The molecular weight excluding hydrogens is 334 g/mol. The lowest BCUT2D eigenvalue weighted by Gasteiger charge is -2.07. The van der Waals surface area contributed by atoms with Gasteiger partial charge in [0.2, 0.25) is 5.91 Å². The van der Waals surface area contributed by atoms with Crippen LogP contribution in [0, 0.1) is 0 Å². The zero-order valence-electron chi connectivity index (χ0n) is 14.5. The van der Waals surface area contributed by atoms with Crippen LogP contribution in [-0.2, 0) is 18.4 Å². The summed E-state index contributed by atoms with van der Waals surface area (Å²) in [6.07, 6.45) is 4.97. The van der Waals surface area contributed by atoms with Crippen LogP contribution in [0.4, 0.5) is 5.82 Å². The van der Waals surface area contributed by atoms with Crippen molar-refractivity contribution in [2.75, 3.05) is 11.9 Å². The molecule has 3 aromatic rings. The predicted octanol–water partition coefficient (Wildman–Crippen LogP) is 1.07. The largest absolute Gasteiger partial charge is 0.352 e. The van der Waals surface area contributed by atoms with Crippen LogP contribution in [0.1, 0.15) is 17.3 Å². The predicted molar refractivity (Wildman–Crippen MR) is 95.3 cm³/mol. The van der Waals surface area contributed by atoms with E-state index >= 15 is 0 Å². The van der Waals surface area contributed by atoms with Crippen molar-refractivity contribution >= 4 is 17.6 Å². The summed E-state index contributed by atoms with van der Waals surface area (Å²) in [7, 11) is 1.72. The molecule has 9 nitrogen and oxygen atoms in total. The smallest absolute Gasteiger partial charge is 0.251 e. The molecule has 0 saturated heterocycles. The lowest BCUT2D eigenvalue weighted by atomic mass is 10.0. The Morgan fingerprint density at radius 2 is 2.00 bits per heavy atom. The monoisotopic (exact) mass is 353 g/mol. The van der Waals surface area contributed by atoms with E-state index < -0.39 is 0 Å². The van der Waals surface area contributed by atoms with Crippen LogP contribution in [-0.4, -0.2) is 43.1 Å². The molecule has 0 fully saturated rings. The molecular formula is C17H19N7O2. The Labute approximate surface area is 150 Å². The number of nitrogens with one attached hydrogen (secondary N) is 2. The van der Waals surface area contributed by atoms with Gasteiger partial charge in [0.25, 0.3) is 5.91 Å². The molecule has 0 radical (unpaired) electrons. The summed E-state index contributed by atoms with van der Waals surface area (Å²) < 4.78 is 3.01. The fraction of sp³-hybridized carbons (Fsp3) is 0.235. The van der Waals surface area contributed by atoms with Gasteiger partial charge in [0.15, 0.2) is 5.82 Å². The molecule has 9 heteroatoms. The lowest BCUT2D eigenvalue weighted by Crippen LogP contribution is -2.23. The Kier molecular flexibility index (Phi) is 5.07. The number of aromatic nitrogens is 5. The number of carbonyl (C=O) groups is 2. The number of rotatable bonds is 6. The molecule has 0 bridgehead atoms. The molecule has 2 N–H and O–H groups in total. The van der Waals surface area contributed by atoms with E-state index in [1.54, 1.807) is 31.7 Å². The van der Waals surface area contributed by atoms with Gasteiger partial charge in [-0.3, -0.25) is 19.0 Å². The van der Waals surface area contributed by atoms with Crippen LogP contribution in [0.2, 0.25) is 0 Å². The van der Waals surface area contributed by atoms with Gasteiger partial charge in [0, 0.05) is 30.9 Å². The number of nitrogens with zero attached hydrogens (tertiary/aromatic N) is 5. The number of aryl methyl sites for hydroxylation is 1. The zero-order chi connectivity index (χ0) is 18.5. The van der Waals surface area contributed by atoms with Gasteiger partial charge in [-0.25, -0.2) is 0 Å². The second kappa shape index (κ2) is 7.60. The van der Waals surface area contributed by atoms with E-state index in [2.05, 4.69) is 26.0 Å². The Morgan fingerprint density at radius 1 is 1.19 bits per heavy atom. The van der Waals surface area contributed by atoms with Crippen molar-refractivity contribution in [3.63, 3.8) is 0 Å². The molecule has 0 unspecified atom stereocenters. The quantitative estimate of drug-likeness (QED) is 0.689. The second-order valence-corrected chi connectivity index (χ2v) is 5.66. The number of benzene rings is 1. The van der Waals surface area contributed by atoms with E-state index in [9.17, 15) is 9.59 Å². The van der Waals surface area contributed by atoms with Crippen molar-refractivity contribution in [1.29, 1.82) is 0 Å². The number of anilines is 1. The average Bonchev–Trinajstić information content (AvgIpc) is 3.24. The maximum absolute atomic E-state index is 12.2. The lowest BCUT2D eigenvalue weighted by molar-refractivity contribution is -0.116. The molecule has 1 aromatic carbocycles. The molecule has 2 aromatic heterocycles. The van der Waals surface area contributed by atoms with E-state index in [0.29, 0.717) is 17.9 Å². The van der Waals surface area contributed by atoms with Crippen LogP contribution >= 0.6 is 0 Å². The summed E-state index contributed by atoms with van der Waals surface area (Å²) in [5, 5.41) is 17.2. The highest BCUT2D eigenvalue weighted by Crippen LogP contribution is 2.23. The minimum absolute atomic E-state index is 0.0277. The number of carbonyl (C=O) groups excluding carboxylic acids is 2. The SMILES string of the molecule is CCNC(=O)c1ccccc1-c1cnn(CC(=O)Nc2cn(C)nn2)c1. The van der Waals surface area contributed by atoms with E-state index in [1.165, 1.54) is 9.36 Å². The Balaban J connectivity index is 1.74. The van der Waals surface area contributed by atoms with Gasteiger partial charge in [-0.15, -0.1) is 5.10 Å². The summed E-state index contributed by atoms with van der Waals surface area (Å²) in [4.78, 5) is 24.3. The first-order valence-electron chi connectivity index (χ1n) is 8.13. The highest BCUT2D eigenvalue weighted by Gasteiger charge is 2.14. The van der Waals surface area contributed by atoms with Crippen molar-refractivity contribution in [2.45, 2.75) is 13.5 Å². The van der Waals surface area contributed by atoms with Gasteiger partial charge in [0.05, 0.1) is 12.4 Å². The van der Waals surface area contributed by atoms with E-state index in [4.69, 9.17) is 0 Å². The summed E-state index contributed by atoms with van der Waals surface area (Å²) in [5.74, 6) is -0.0279. The van der Waals surface area contributed by atoms with Crippen molar-refractivity contribution < 1.29 is 9.59 Å². The van der Waals surface area contributed by atoms with Crippen LogP contribution < -0.4 is 10.6 Å². The number of hydrogen-bond acceptors (Lipinski definition) is 5. The third kappa shape index (κ3) is 3.94. The fourth-order valence-corrected chi connectivity index (χ4v) is 2.51. The molecule has 0 aliphatic rings. The summed E-state index contributed by atoms with van der Waals surface area (Å²) in [6, 6.07) is 7.28. The minimum Gasteiger partial charge on any atom is -0.352 e. The molecule has 0 atom stereocenters. The van der Waals surface area contributed by atoms with Crippen LogP contribution in [0.5, 0.6) is 0 Å². The number of amides is 2. The van der Waals surface area contributed by atoms with Crippen molar-refractivity contribution in [3.8, 4) is 11.1 Å². The summed E-state index contributed by atoms with van der Waals surface area (Å²) >= 11 is 0. The van der Waals surface area contributed by atoms with Crippen molar-refractivity contribution in [1.82, 2.24) is 30.1 Å². The first-order chi connectivity index (χ1) is 12.6. The standard InChI is InChI=1S/C17H19N7O2/c1-3-18-17(26)14-7-5-4-6-13(14)12-8-19-24(9-12)11-16(25)20-15-10-23(2)22-21-15/h4-10H,3,11H2,1-2H3,(H,18,26)(H,20,25). The van der Waals surface area contributed by atoms with Crippen LogP contribution in [0.25, 0.3) is 11.1 Å². The maximum Gasteiger partial charge on any atom is 0.251 e. The Morgan fingerprint density at radius 3 is 2.73 bits per heavy atom. The molecule has 0 aliphatic heterocycles. The highest BCUT2D eigenvalue weighted by molar-refractivity contribution is 6.00. The van der Waals surface area contributed by atoms with Crippen molar-refractivity contribution in [2.24, 2.45) is 7.05 Å². The molecule has 2 heterocycles. The summed E-state index contributed by atoms with van der Waals surface area (Å²) in [5.41, 5.74) is 2.09. The van der Waals surface area contributed by atoms with Crippen LogP contribution in [0.15, 0.2) is 42.9 Å². The molecule has 0 saturated carbocycles. The van der Waals surface area contributed by atoms with Gasteiger partial charge >= 0.3 is 0 Å². The maximum atomic E-state index is 12.2. The third-order valence-electron chi connectivity index (χ3n) is 3.63. The molecule has 0 spiro atoms. The van der Waals surface area contributed by atoms with E-state index in [0.717, 1.165) is 11.1 Å². The highest BCUT2D eigenvalue weighted by atomic mass is 16.2. The fourth-order valence-electron chi connectivity index (χ4n) is 2.51. The van der Waals surface area contributed by atoms with Gasteiger partial charge in [-0.1, -0.05) is 23.4 Å². The molecule has 26 heavy (non-hydrogen) atoms. The first kappa shape index (κ1) is 17.3. The Bertz CT molecular complexity index is 929. The first-order valence-corrected chi connectivity index (χ1v) is 8.13. The van der Waals surface area contributed by atoms with Gasteiger partial charge in [-0.05, 0) is 18.6 Å².